The molecule has 0 nitrogen and oxygen atoms in total. The third-order valence-corrected chi connectivity index (χ3v) is 2.84. The summed E-state index contributed by atoms with van der Waals surface area (Å²) < 4.78 is 0. The number of allylic oxidation sites excluding steroid dienone is 5. The Morgan fingerprint density at radius 2 is 1.69 bits per heavy atom. The van der Waals surface area contributed by atoms with E-state index in [1.807, 2.05) is 6.07 Å². The predicted molar refractivity (Wildman–Crippen MR) is 71.2 cm³/mol. The smallest absolute Gasteiger partial charge is 0.0257 e. The van der Waals surface area contributed by atoms with Crippen LogP contribution in [0.15, 0.2) is 60.2 Å². The van der Waals surface area contributed by atoms with Crippen LogP contribution in [0, 0.1) is 0 Å². The highest BCUT2D eigenvalue weighted by Gasteiger charge is 1.98. The lowest BCUT2D eigenvalue weighted by Crippen LogP contribution is -1.87. The molecule has 0 spiro atoms. The quantitative estimate of drug-likeness (QED) is 0.631. The van der Waals surface area contributed by atoms with E-state index in [0.29, 0.717) is 0 Å². The molecule has 16 heavy (non-hydrogen) atoms. The van der Waals surface area contributed by atoms with Crippen LogP contribution in [0.25, 0.3) is 6.08 Å². The van der Waals surface area contributed by atoms with E-state index in [-0.39, 0.29) is 0 Å². The molecule has 0 aliphatic heterocycles. The van der Waals surface area contributed by atoms with Crippen molar-refractivity contribution in [3.63, 3.8) is 0 Å². The molecule has 0 saturated carbocycles. The second kappa shape index (κ2) is 6.12. The molecule has 1 aliphatic carbocycles. The maximum atomic E-state index is 2.36. The summed E-state index contributed by atoms with van der Waals surface area (Å²) in [5, 5.41) is 0. The Hall–Kier alpha value is -1.56. The van der Waals surface area contributed by atoms with Crippen molar-refractivity contribution in [1.82, 2.24) is 0 Å². The minimum Gasteiger partial charge on any atom is -0.0813 e. The second-order valence-electron chi connectivity index (χ2n) is 4.15. The van der Waals surface area contributed by atoms with Crippen LogP contribution in [0.2, 0.25) is 0 Å². The van der Waals surface area contributed by atoms with E-state index < -0.39 is 0 Å². The van der Waals surface area contributed by atoms with Gasteiger partial charge in [-0.2, -0.15) is 0 Å². The van der Waals surface area contributed by atoms with Crippen LogP contribution in [-0.4, -0.2) is 0 Å². The van der Waals surface area contributed by atoms with E-state index in [4.69, 9.17) is 0 Å². The highest BCUT2D eigenvalue weighted by molar-refractivity contribution is 5.51. The summed E-state index contributed by atoms with van der Waals surface area (Å²) in [5.41, 5.74) is 2.74. The van der Waals surface area contributed by atoms with E-state index in [2.05, 4.69) is 54.6 Å². The minimum absolute atomic E-state index is 1.25. The highest BCUT2D eigenvalue weighted by Crippen LogP contribution is 2.18. The molecule has 0 bridgehead atoms. The zero-order valence-corrected chi connectivity index (χ0v) is 9.60. The van der Waals surface area contributed by atoms with Crippen molar-refractivity contribution in [1.29, 1.82) is 0 Å². The van der Waals surface area contributed by atoms with Gasteiger partial charge in [0.25, 0.3) is 0 Å². The van der Waals surface area contributed by atoms with Crippen molar-refractivity contribution < 1.29 is 0 Å². The van der Waals surface area contributed by atoms with E-state index >= 15 is 0 Å². The van der Waals surface area contributed by atoms with Gasteiger partial charge in [0.2, 0.25) is 0 Å². The summed E-state index contributed by atoms with van der Waals surface area (Å²) in [6, 6.07) is 10.4. The van der Waals surface area contributed by atoms with E-state index in [1.54, 1.807) is 0 Å². The van der Waals surface area contributed by atoms with Gasteiger partial charge < -0.3 is 0 Å². The highest BCUT2D eigenvalue weighted by atomic mass is 14.0. The second-order valence-corrected chi connectivity index (χ2v) is 4.15. The van der Waals surface area contributed by atoms with E-state index in [0.717, 1.165) is 0 Å². The fourth-order valence-electron chi connectivity index (χ4n) is 1.92. The molecule has 82 valence electrons. The third kappa shape index (κ3) is 3.54. The molecule has 0 amide bonds. The van der Waals surface area contributed by atoms with Gasteiger partial charge in [0, 0.05) is 0 Å². The van der Waals surface area contributed by atoms with Crippen molar-refractivity contribution in [2.75, 3.05) is 0 Å². The molecular weight excluding hydrogens is 192 g/mol. The molecule has 0 aromatic heterocycles. The maximum Gasteiger partial charge on any atom is -0.0257 e. The number of rotatable bonds is 3. The minimum atomic E-state index is 1.25. The fraction of sp³-hybridized carbons (Fsp3) is 0.250. The lowest BCUT2D eigenvalue weighted by molar-refractivity contribution is 0.712. The Morgan fingerprint density at radius 3 is 2.44 bits per heavy atom. The Balaban J connectivity index is 1.89. The number of benzene rings is 1. The van der Waals surface area contributed by atoms with Crippen molar-refractivity contribution in [2.24, 2.45) is 0 Å². The fourth-order valence-corrected chi connectivity index (χ4v) is 1.92. The molecule has 2 rings (SSSR count). The lowest BCUT2D eigenvalue weighted by atomic mass is 9.99. The maximum absolute atomic E-state index is 2.36. The Labute approximate surface area is 98.0 Å². The molecule has 1 aromatic rings. The molecule has 0 radical (unpaired) electrons. The van der Waals surface area contributed by atoms with Gasteiger partial charge in [-0.1, -0.05) is 66.3 Å². The Bertz CT molecular complexity index is 393. The van der Waals surface area contributed by atoms with Crippen molar-refractivity contribution in [3.8, 4) is 0 Å². The zero-order chi connectivity index (χ0) is 11.1. The SMILES string of the molecule is C1=C(/C=C\C=C\c2ccccc2)CCCC1. The van der Waals surface area contributed by atoms with Gasteiger partial charge in [0.15, 0.2) is 0 Å². The third-order valence-electron chi connectivity index (χ3n) is 2.84. The molecule has 0 unspecified atom stereocenters. The van der Waals surface area contributed by atoms with Crippen LogP contribution < -0.4 is 0 Å². The molecule has 1 aromatic carbocycles. The van der Waals surface area contributed by atoms with Gasteiger partial charge in [-0.15, -0.1) is 0 Å². The topological polar surface area (TPSA) is 0 Å². The lowest BCUT2D eigenvalue weighted by Gasteiger charge is -2.07. The first kappa shape index (κ1) is 10.9. The molecule has 0 atom stereocenters. The summed E-state index contributed by atoms with van der Waals surface area (Å²) in [6.45, 7) is 0. The summed E-state index contributed by atoms with van der Waals surface area (Å²) >= 11 is 0. The number of hydrogen-bond donors (Lipinski definition) is 0. The first-order valence-corrected chi connectivity index (χ1v) is 6.04. The summed E-state index contributed by atoms with van der Waals surface area (Å²) in [5.74, 6) is 0. The molecule has 0 heteroatoms. The average Bonchev–Trinajstić information content (AvgIpc) is 2.37. The summed E-state index contributed by atoms with van der Waals surface area (Å²) in [7, 11) is 0. The van der Waals surface area contributed by atoms with Crippen molar-refractivity contribution in [2.45, 2.75) is 25.7 Å². The van der Waals surface area contributed by atoms with Crippen LogP contribution in [0.3, 0.4) is 0 Å². The van der Waals surface area contributed by atoms with Crippen LogP contribution in [0.5, 0.6) is 0 Å². The van der Waals surface area contributed by atoms with Gasteiger partial charge in [0.1, 0.15) is 0 Å². The van der Waals surface area contributed by atoms with Crippen LogP contribution >= 0.6 is 0 Å². The van der Waals surface area contributed by atoms with Gasteiger partial charge in [0.05, 0.1) is 0 Å². The summed E-state index contributed by atoms with van der Waals surface area (Å²) in [6.07, 6.45) is 16.2. The van der Waals surface area contributed by atoms with Crippen LogP contribution in [0.1, 0.15) is 31.2 Å². The number of hydrogen-bond acceptors (Lipinski definition) is 0. The Kier molecular flexibility index (Phi) is 4.18. The van der Waals surface area contributed by atoms with E-state index in [1.165, 1.54) is 36.8 Å². The predicted octanol–water partition coefficient (Wildman–Crippen LogP) is 4.76. The molecule has 0 N–H and O–H groups in total. The molecule has 1 aliphatic rings. The largest absolute Gasteiger partial charge is 0.0813 e. The van der Waals surface area contributed by atoms with Gasteiger partial charge in [-0.3, -0.25) is 0 Å². The normalized spacial score (nSPS) is 16.9. The van der Waals surface area contributed by atoms with Gasteiger partial charge >= 0.3 is 0 Å². The van der Waals surface area contributed by atoms with Crippen LogP contribution in [0.4, 0.5) is 0 Å². The standard InChI is InChI=1S/C16H18/c1-3-9-15(10-4-1)13-7-8-14-16-11-5-2-6-12-16/h1,3-4,7-11,13-14H,2,5-6,12H2/b13-7+,14-8-. The van der Waals surface area contributed by atoms with E-state index in [9.17, 15) is 0 Å². The van der Waals surface area contributed by atoms with Crippen LogP contribution in [-0.2, 0) is 0 Å². The van der Waals surface area contributed by atoms with Crippen molar-refractivity contribution >= 4 is 6.08 Å². The Morgan fingerprint density at radius 1 is 0.875 bits per heavy atom. The molecule has 0 heterocycles. The average molecular weight is 210 g/mol. The van der Waals surface area contributed by atoms with Gasteiger partial charge in [-0.25, -0.2) is 0 Å². The molecular formula is C16H18. The molecule has 0 saturated heterocycles. The summed E-state index contributed by atoms with van der Waals surface area (Å²) in [4.78, 5) is 0. The first-order chi connectivity index (χ1) is 7.95. The monoisotopic (exact) mass is 210 g/mol. The molecule has 0 fully saturated rings. The zero-order valence-electron chi connectivity index (χ0n) is 9.60. The van der Waals surface area contributed by atoms with Gasteiger partial charge in [-0.05, 0) is 31.2 Å². The first-order valence-electron chi connectivity index (χ1n) is 6.04. The van der Waals surface area contributed by atoms with Crippen molar-refractivity contribution in [3.05, 3.63) is 65.8 Å².